The number of rotatable bonds is 6. The molecular weight excluding hydrogens is 335 g/mol. The molecule has 6 nitrogen and oxygen atoms in total. The van der Waals surface area contributed by atoms with Crippen LogP contribution in [-0.2, 0) is 16.4 Å². The van der Waals surface area contributed by atoms with Crippen molar-refractivity contribution >= 4 is 16.0 Å². The normalized spacial score (nSPS) is 11.0. The van der Waals surface area contributed by atoms with Crippen LogP contribution in [-0.4, -0.2) is 26.0 Å². The van der Waals surface area contributed by atoms with Crippen molar-refractivity contribution < 1.29 is 22.7 Å². The van der Waals surface area contributed by atoms with Crippen LogP contribution in [0.1, 0.15) is 21.5 Å². The summed E-state index contributed by atoms with van der Waals surface area (Å²) in [6, 6.07) is 10.7. The van der Waals surface area contributed by atoms with E-state index in [1.165, 1.54) is 12.1 Å². The average Bonchev–Trinajstić information content (AvgIpc) is 2.55. The summed E-state index contributed by atoms with van der Waals surface area (Å²) >= 11 is 0. The predicted octanol–water partition coefficient (Wildman–Crippen LogP) is 1.92. The van der Waals surface area contributed by atoms with Crippen molar-refractivity contribution in [2.24, 2.45) is 0 Å². The van der Waals surface area contributed by atoms with Crippen LogP contribution < -0.4 is 4.72 Å². The third kappa shape index (κ3) is 4.16. The molecule has 0 spiro atoms. The van der Waals surface area contributed by atoms with E-state index in [1.54, 1.807) is 18.2 Å². The number of benzene rings is 2. The lowest BCUT2D eigenvalue weighted by molar-refractivity contribution is 0.0696. The number of carbonyl (C=O) groups is 1. The number of sulfonamides is 1. The van der Waals surface area contributed by atoms with Gasteiger partial charge in [0.1, 0.15) is 11.9 Å². The lowest BCUT2D eigenvalue weighted by Gasteiger charge is -2.08. The zero-order valence-corrected chi connectivity index (χ0v) is 13.2. The number of carboxylic acid groups (broad SMARTS) is 1. The topological polar surface area (TPSA) is 107 Å². The predicted molar refractivity (Wildman–Crippen MR) is 83.4 cm³/mol. The van der Waals surface area contributed by atoms with Gasteiger partial charge in [-0.25, -0.2) is 22.3 Å². The average molecular weight is 348 g/mol. The first-order valence-electron chi connectivity index (χ1n) is 6.85. The van der Waals surface area contributed by atoms with E-state index in [2.05, 4.69) is 4.72 Å². The number of nitrogens with one attached hydrogen (secondary N) is 1. The number of aromatic carboxylic acids is 1. The lowest BCUT2D eigenvalue weighted by atomic mass is 10.1. The van der Waals surface area contributed by atoms with Gasteiger partial charge in [0, 0.05) is 6.54 Å². The molecule has 2 aromatic rings. The van der Waals surface area contributed by atoms with E-state index in [0.29, 0.717) is 5.56 Å². The van der Waals surface area contributed by atoms with Gasteiger partial charge in [0.2, 0.25) is 10.0 Å². The Bertz CT molecular complexity index is 920. The van der Waals surface area contributed by atoms with Crippen LogP contribution in [0, 0.1) is 17.1 Å². The molecule has 24 heavy (non-hydrogen) atoms. The second-order valence-corrected chi connectivity index (χ2v) is 6.67. The maximum Gasteiger partial charge on any atom is 0.335 e. The number of carboxylic acids is 1. The summed E-state index contributed by atoms with van der Waals surface area (Å²) in [6.07, 6.45) is 0.284. The molecule has 2 N–H and O–H groups in total. The summed E-state index contributed by atoms with van der Waals surface area (Å²) in [5.41, 5.74) is 0.425. The number of hydrogen-bond acceptors (Lipinski definition) is 4. The Morgan fingerprint density at radius 1 is 1.25 bits per heavy atom. The fourth-order valence-corrected chi connectivity index (χ4v) is 3.09. The SMILES string of the molecule is N#Cc1cc(S(=O)(=O)NCCc2cccc(C(=O)O)c2)ccc1F. The van der Waals surface area contributed by atoms with Gasteiger partial charge in [0.25, 0.3) is 0 Å². The molecule has 0 saturated carbocycles. The van der Waals surface area contributed by atoms with Gasteiger partial charge < -0.3 is 5.11 Å². The highest BCUT2D eigenvalue weighted by molar-refractivity contribution is 7.89. The molecule has 0 fully saturated rings. The van der Waals surface area contributed by atoms with Crippen LogP contribution in [0.2, 0.25) is 0 Å². The number of halogens is 1. The van der Waals surface area contributed by atoms with Gasteiger partial charge >= 0.3 is 5.97 Å². The van der Waals surface area contributed by atoms with E-state index in [-0.39, 0.29) is 29.0 Å². The van der Waals surface area contributed by atoms with Crippen molar-refractivity contribution in [3.63, 3.8) is 0 Å². The number of hydrogen-bond donors (Lipinski definition) is 2. The molecule has 0 aliphatic carbocycles. The minimum atomic E-state index is -3.89. The molecule has 0 aromatic heterocycles. The second kappa shape index (κ2) is 7.21. The number of nitrogens with zero attached hydrogens (tertiary/aromatic N) is 1. The molecule has 0 aliphatic rings. The number of nitriles is 1. The zero-order valence-electron chi connectivity index (χ0n) is 12.4. The first-order chi connectivity index (χ1) is 11.3. The van der Waals surface area contributed by atoms with Crippen LogP contribution in [0.3, 0.4) is 0 Å². The standard InChI is InChI=1S/C16H13FN2O4S/c17-15-5-4-14(9-13(15)10-18)24(22,23)19-7-6-11-2-1-3-12(8-11)16(20)21/h1-5,8-9,19H,6-7H2,(H,20,21). The van der Waals surface area contributed by atoms with Gasteiger partial charge in [-0.3, -0.25) is 0 Å². The van der Waals surface area contributed by atoms with Gasteiger partial charge in [-0.15, -0.1) is 0 Å². The first-order valence-corrected chi connectivity index (χ1v) is 8.33. The van der Waals surface area contributed by atoms with Gasteiger partial charge in [-0.2, -0.15) is 5.26 Å². The molecular formula is C16H13FN2O4S. The molecule has 2 rings (SSSR count). The van der Waals surface area contributed by atoms with Crippen molar-refractivity contribution in [1.82, 2.24) is 4.72 Å². The molecule has 124 valence electrons. The molecule has 0 heterocycles. The highest BCUT2D eigenvalue weighted by Crippen LogP contribution is 2.14. The fraction of sp³-hybridized carbons (Fsp3) is 0.125. The van der Waals surface area contributed by atoms with Crippen LogP contribution in [0.25, 0.3) is 0 Å². The van der Waals surface area contributed by atoms with Crippen LogP contribution in [0.15, 0.2) is 47.4 Å². The van der Waals surface area contributed by atoms with Crippen molar-refractivity contribution in [2.45, 2.75) is 11.3 Å². The molecule has 0 aliphatic heterocycles. The van der Waals surface area contributed by atoms with E-state index < -0.39 is 21.8 Å². The monoisotopic (exact) mass is 348 g/mol. The molecule has 0 amide bonds. The van der Waals surface area contributed by atoms with E-state index in [1.807, 2.05) is 0 Å². The lowest BCUT2D eigenvalue weighted by Crippen LogP contribution is -2.26. The maximum absolute atomic E-state index is 13.2. The quantitative estimate of drug-likeness (QED) is 0.829. The first kappa shape index (κ1) is 17.6. The third-order valence-electron chi connectivity index (χ3n) is 3.25. The summed E-state index contributed by atoms with van der Waals surface area (Å²) in [4.78, 5) is 10.7. The Morgan fingerprint density at radius 2 is 2.00 bits per heavy atom. The Morgan fingerprint density at radius 3 is 2.67 bits per heavy atom. The Labute approximate surface area is 138 Å². The molecule has 2 aromatic carbocycles. The van der Waals surface area contributed by atoms with Crippen molar-refractivity contribution in [3.05, 3.63) is 65.0 Å². The Balaban J connectivity index is 2.07. The highest BCUT2D eigenvalue weighted by Gasteiger charge is 2.16. The zero-order chi connectivity index (χ0) is 17.7. The van der Waals surface area contributed by atoms with E-state index in [9.17, 15) is 17.6 Å². The molecule has 8 heteroatoms. The summed E-state index contributed by atoms with van der Waals surface area (Å²) in [7, 11) is -3.89. The molecule has 0 unspecified atom stereocenters. The van der Waals surface area contributed by atoms with Crippen molar-refractivity contribution in [1.29, 1.82) is 5.26 Å². The Kier molecular flexibility index (Phi) is 5.28. The second-order valence-electron chi connectivity index (χ2n) is 4.91. The van der Waals surface area contributed by atoms with E-state index in [0.717, 1.165) is 18.2 Å². The van der Waals surface area contributed by atoms with Gasteiger partial charge in [0.15, 0.2) is 0 Å². The summed E-state index contributed by atoms with van der Waals surface area (Å²) in [5, 5.41) is 17.7. The Hall–Kier alpha value is -2.76. The van der Waals surface area contributed by atoms with Crippen LogP contribution in [0.5, 0.6) is 0 Å². The van der Waals surface area contributed by atoms with Crippen molar-refractivity contribution in [2.75, 3.05) is 6.54 Å². The van der Waals surface area contributed by atoms with E-state index in [4.69, 9.17) is 10.4 Å². The minimum absolute atomic E-state index is 0.0324. The summed E-state index contributed by atoms with van der Waals surface area (Å²) in [6.45, 7) is 0.0324. The molecule has 0 saturated heterocycles. The van der Waals surface area contributed by atoms with Crippen LogP contribution in [0.4, 0.5) is 4.39 Å². The third-order valence-corrected chi connectivity index (χ3v) is 4.71. The van der Waals surface area contributed by atoms with Gasteiger partial charge in [0.05, 0.1) is 16.0 Å². The fourth-order valence-electron chi connectivity index (χ4n) is 2.03. The summed E-state index contributed by atoms with van der Waals surface area (Å²) < 4.78 is 39.9. The molecule has 0 atom stereocenters. The van der Waals surface area contributed by atoms with Gasteiger partial charge in [-0.05, 0) is 42.3 Å². The largest absolute Gasteiger partial charge is 0.478 e. The van der Waals surface area contributed by atoms with Crippen molar-refractivity contribution in [3.8, 4) is 6.07 Å². The van der Waals surface area contributed by atoms with E-state index >= 15 is 0 Å². The minimum Gasteiger partial charge on any atom is -0.478 e. The molecule has 0 bridgehead atoms. The smallest absolute Gasteiger partial charge is 0.335 e. The van der Waals surface area contributed by atoms with Gasteiger partial charge in [-0.1, -0.05) is 12.1 Å². The molecule has 0 radical (unpaired) electrons. The maximum atomic E-state index is 13.2. The highest BCUT2D eigenvalue weighted by atomic mass is 32.2. The van der Waals surface area contributed by atoms with Crippen LogP contribution >= 0.6 is 0 Å². The summed E-state index contributed by atoms with van der Waals surface area (Å²) in [5.74, 6) is -1.85.